The summed E-state index contributed by atoms with van der Waals surface area (Å²) >= 11 is 1.25. The molecule has 9 heteroatoms. The van der Waals surface area contributed by atoms with Gasteiger partial charge in [-0.3, -0.25) is 19.7 Å². The Morgan fingerprint density at radius 1 is 1.23 bits per heavy atom. The molecule has 1 aliphatic rings. The molecular formula is C17H23N3O5S. The van der Waals surface area contributed by atoms with Crippen molar-refractivity contribution in [1.82, 2.24) is 16.0 Å². The number of nitrogens with one attached hydrogen (secondary N) is 3. The van der Waals surface area contributed by atoms with E-state index in [0.29, 0.717) is 4.88 Å². The van der Waals surface area contributed by atoms with Crippen LogP contribution in [0.2, 0.25) is 0 Å². The summed E-state index contributed by atoms with van der Waals surface area (Å²) in [6.45, 7) is 1.00. The minimum atomic E-state index is -1.14. The molecule has 142 valence electrons. The van der Waals surface area contributed by atoms with Crippen molar-refractivity contribution < 1.29 is 23.9 Å². The van der Waals surface area contributed by atoms with Crippen LogP contribution < -0.4 is 16.0 Å². The van der Waals surface area contributed by atoms with E-state index in [1.165, 1.54) is 18.3 Å². The fourth-order valence-corrected chi connectivity index (χ4v) is 3.26. The van der Waals surface area contributed by atoms with E-state index in [0.717, 1.165) is 32.1 Å². The number of imide groups is 1. The number of thiophene rings is 1. The highest BCUT2D eigenvalue weighted by Gasteiger charge is 2.22. The fourth-order valence-electron chi connectivity index (χ4n) is 2.62. The van der Waals surface area contributed by atoms with Crippen LogP contribution in [0.25, 0.3) is 0 Å². The zero-order valence-corrected chi connectivity index (χ0v) is 15.4. The largest absolute Gasteiger partial charge is 0.451 e. The molecular weight excluding hydrogens is 358 g/mol. The van der Waals surface area contributed by atoms with Crippen molar-refractivity contribution in [3.63, 3.8) is 0 Å². The van der Waals surface area contributed by atoms with Gasteiger partial charge in [0.2, 0.25) is 0 Å². The van der Waals surface area contributed by atoms with E-state index in [-0.39, 0.29) is 18.5 Å². The average molecular weight is 381 g/mol. The smallest absolute Gasteiger partial charge is 0.326 e. The summed E-state index contributed by atoms with van der Waals surface area (Å²) in [5.41, 5.74) is 0. The molecule has 26 heavy (non-hydrogen) atoms. The zero-order valence-electron chi connectivity index (χ0n) is 14.6. The van der Waals surface area contributed by atoms with Gasteiger partial charge in [-0.2, -0.15) is 0 Å². The van der Waals surface area contributed by atoms with Gasteiger partial charge in [0.1, 0.15) is 6.54 Å². The monoisotopic (exact) mass is 381 g/mol. The van der Waals surface area contributed by atoms with Crippen LogP contribution in [0.4, 0.5) is 4.79 Å². The summed E-state index contributed by atoms with van der Waals surface area (Å²) in [5.74, 6) is -1.86. The number of esters is 1. The van der Waals surface area contributed by atoms with Gasteiger partial charge in [-0.1, -0.05) is 25.3 Å². The van der Waals surface area contributed by atoms with Gasteiger partial charge in [0.05, 0.1) is 4.88 Å². The molecule has 1 heterocycles. The number of hydrogen-bond acceptors (Lipinski definition) is 6. The molecule has 8 nitrogen and oxygen atoms in total. The minimum absolute atomic E-state index is 0.0712. The Morgan fingerprint density at radius 3 is 2.62 bits per heavy atom. The van der Waals surface area contributed by atoms with E-state index in [4.69, 9.17) is 4.74 Å². The molecule has 1 fully saturated rings. The summed E-state index contributed by atoms with van der Waals surface area (Å²) < 4.78 is 4.93. The highest BCUT2D eigenvalue weighted by Crippen LogP contribution is 2.17. The molecule has 3 N–H and O–H groups in total. The number of rotatable bonds is 6. The van der Waals surface area contributed by atoms with Crippen molar-refractivity contribution in [3.8, 4) is 0 Å². The van der Waals surface area contributed by atoms with Gasteiger partial charge in [-0.25, -0.2) is 4.79 Å². The van der Waals surface area contributed by atoms with E-state index >= 15 is 0 Å². The van der Waals surface area contributed by atoms with Crippen LogP contribution in [-0.4, -0.2) is 42.5 Å². The zero-order chi connectivity index (χ0) is 18.9. The van der Waals surface area contributed by atoms with Crippen molar-refractivity contribution in [2.45, 2.75) is 51.2 Å². The van der Waals surface area contributed by atoms with Gasteiger partial charge in [0.15, 0.2) is 6.10 Å². The van der Waals surface area contributed by atoms with Crippen LogP contribution in [0.15, 0.2) is 17.5 Å². The highest BCUT2D eigenvalue weighted by atomic mass is 32.1. The summed E-state index contributed by atoms with van der Waals surface area (Å²) in [4.78, 5) is 47.7. The Balaban J connectivity index is 1.67. The normalized spacial score (nSPS) is 15.6. The molecule has 4 amide bonds. The van der Waals surface area contributed by atoms with E-state index in [2.05, 4.69) is 16.0 Å². The van der Waals surface area contributed by atoms with Crippen molar-refractivity contribution in [1.29, 1.82) is 0 Å². The fraction of sp³-hybridized carbons (Fsp3) is 0.529. The molecule has 0 aromatic carbocycles. The third-order valence-corrected chi connectivity index (χ3v) is 4.86. The van der Waals surface area contributed by atoms with Crippen LogP contribution >= 0.6 is 11.3 Å². The second-order valence-corrected chi connectivity index (χ2v) is 7.04. The van der Waals surface area contributed by atoms with Crippen LogP contribution in [0.1, 0.15) is 48.7 Å². The van der Waals surface area contributed by atoms with Gasteiger partial charge < -0.3 is 15.4 Å². The first-order valence-electron chi connectivity index (χ1n) is 8.58. The molecule has 0 unspecified atom stereocenters. The Hall–Kier alpha value is -2.42. The van der Waals surface area contributed by atoms with Gasteiger partial charge >= 0.3 is 12.0 Å². The van der Waals surface area contributed by atoms with E-state index in [9.17, 15) is 19.2 Å². The number of amides is 4. The van der Waals surface area contributed by atoms with Crippen molar-refractivity contribution >= 4 is 35.2 Å². The molecule has 2 rings (SSSR count). The summed E-state index contributed by atoms with van der Waals surface area (Å²) in [6.07, 6.45) is 3.94. The number of ether oxygens (including phenoxy) is 1. The first-order valence-corrected chi connectivity index (χ1v) is 9.46. The third-order valence-electron chi connectivity index (χ3n) is 3.99. The lowest BCUT2D eigenvalue weighted by molar-refractivity contribution is -0.153. The molecule has 0 radical (unpaired) electrons. The van der Waals surface area contributed by atoms with Crippen LogP contribution in [-0.2, 0) is 14.3 Å². The molecule has 1 aliphatic carbocycles. The Labute approximate surface area is 155 Å². The third kappa shape index (κ3) is 6.47. The summed E-state index contributed by atoms with van der Waals surface area (Å²) in [5, 5.41) is 9.07. The quantitative estimate of drug-likeness (QED) is 0.647. The Kier molecular flexibility index (Phi) is 7.58. The second kappa shape index (κ2) is 9.91. The maximum atomic E-state index is 11.9. The standard InChI is InChI=1S/C17H23N3O5S/c1-11(15(22)20-17(24)19-12-6-3-2-4-7-12)25-14(21)10-18-16(23)13-8-5-9-26-13/h5,8-9,11-12H,2-4,6-7,10H2,1H3,(H,18,23)(H2,19,20,22,24)/t11-/m1/s1. The number of carbonyl (C=O) groups excluding carboxylic acids is 4. The lowest BCUT2D eigenvalue weighted by Crippen LogP contribution is -2.48. The van der Waals surface area contributed by atoms with Gasteiger partial charge in [0, 0.05) is 6.04 Å². The lowest BCUT2D eigenvalue weighted by Gasteiger charge is -2.23. The van der Waals surface area contributed by atoms with Crippen LogP contribution in [0, 0.1) is 0 Å². The predicted octanol–water partition coefficient (Wildman–Crippen LogP) is 1.57. The SMILES string of the molecule is C[C@@H](OC(=O)CNC(=O)c1cccs1)C(=O)NC(=O)NC1CCCCC1. The molecule has 0 spiro atoms. The number of urea groups is 1. The van der Waals surface area contributed by atoms with E-state index in [1.807, 2.05) is 0 Å². The maximum absolute atomic E-state index is 11.9. The molecule has 0 saturated heterocycles. The number of hydrogen-bond donors (Lipinski definition) is 3. The summed E-state index contributed by atoms with van der Waals surface area (Å²) in [7, 11) is 0. The van der Waals surface area contributed by atoms with Crippen LogP contribution in [0.5, 0.6) is 0 Å². The van der Waals surface area contributed by atoms with Crippen molar-refractivity contribution in [2.75, 3.05) is 6.54 Å². The maximum Gasteiger partial charge on any atom is 0.326 e. The minimum Gasteiger partial charge on any atom is -0.451 e. The van der Waals surface area contributed by atoms with Crippen LogP contribution in [0.3, 0.4) is 0 Å². The van der Waals surface area contributed by atoms with Gasteiger partial charge in [0.25, 0.3) is 11.8 Å². The molecule has 0 aliphatic heterocycles. The molecule has 1 aromatic rings. The second-order valence-electron chi connectivity index (χ2n) is 6.09. The van der Waals surface area contributed by atoms with Crippen molar-refractivity contribution in [3.05, 3.63) is 22.4 Å². The average Bonchev–Trinajstić information content (AvgIpc) is 3.15. The molecule has 1 atom stereocenters. The van der Waals surface area contributed by atoms with Gasteiger partial charge in [-0.05, 0) is 31.2 Å². The predicted molar refractivity (Wildman–Crippen MR) is 95.8 cm³/mol. The number of carbonyl (C=O) groups is 4. The first kappa shape index (κ1) is 19.9. The first-order chi connectivity index (χ1) is 12.5. The molecule has 0 bridgehead atoms. The topological polar surface area (TPSA) is 114 Å². The Bertz CT molecular complexity index is 641. The van der Waals surface area contributed by atoms with E-state index in [1.54, 1.807) is 17.5 Å². The van der Waals surface area contributed by atoms with E-state index < -0.39 is 24.0 Å². The van der Waals surface area contributed by atoms with Gasteiger partial charge in [-0.15, -0.1) is 11.3 Å². The highest BCUT2D eigenvalue weighted by molar-refractivity contribution is 7.12. The molecule has 1 aromatic heterocycles. The molecule has 1 saturated carbocycles. The Morgan fingerprint density at radius 2 is 1.96 bits per heavy atom. The summed E-state index contributed by atoms with van der Waals surface area (Å²) in [6, 6.07) is 2.84. The lowest BCUT2D eigenvalue weighted by atomic mass is 9.96. The van der Waals surface area contributed by atoms with Crippen molar-refractivity contribution in [2.24, 2.45) is 0 Å².